The van der Waals surface area contributed by atoms with Crippen LogP contribution in [-0.2, 0) is 6.54 Å². The fourth-order valence-electron chi connectivity index (χ4n) is 1.76. The Bertz CT molecular complexity index is 609. The minimum absolute atomic E-state index is 0.0807. The molecule has 6 heteroatoms. The Morgan fingerprint density at radius 3 is 2.95 bits per heavy atom. The van der Waals surface area contributed by atoms with Crippen LogP contribution in [0.1, 0.15) is 20.8 Å². The van der Waals surface area contributed by atoms with E-state index >= 15 is 0 Å². The normalized spacial score (nSPS) is 13.9. The monoisotopic (exact) mass is 265 g/mol. The van der Waals surface area contributed by atoms with E-state index in [4.69, 9.17) is 4.42 Å². The number of hydrogen-bond acceptors (Lipinski definition) is 5. The Morgan fingerprint density at radius 1 is 1.53 bits per heavy atom. The first-order chi connectivity index (χ1) is 8.87. The van der Waals surface area contributed by atoms with Crippen molar-refractivity contribution >= 4 is 11.2 Å². The summed E-state index contributed by atoms with van der Waals surface area (Å²) >= 11 is 0. The molecule has 0 aliphatic rings. The minimum Gasteiger partial charge on any atom is -0.406 e. The van der Waals surface area contributed by atoms with Crippen LogP contribution in [0.15, 0.2) is 27.5 Å². The van der Waals surface area contributed by atoms with Gasteiger partial charge in [0.05, 0.1) is 12.6 Å². The van der Waals surface area contributed by atoms with Crippen LogP contribution in [0.25, 0.3) is 11.2 Å². The third-order valence-electron chi connectivity index (χ3n) is 2.69. The first kappa shape index (κ1) is 13.8. The molecular formula is C13H19N3O3. The second-order valence-electron chi connectivity index (χ2n) is 5.59. The number of nitrogens with one attached hydrogen (secondary N) is 1. The van der Waals surface area contributed by atoms with Crippen LogP contribution in [0.3, 0.4) is 0 Å². The molecule has 0 saturated carbocycles. The maximum atomic E-state index is 11.7. The highest BCUT2D eigenvalue weighted by atomic mass is 16.4. The fraction of sp³-hybridized carbons (Fsp3) is 0.538. The fourth-order valence-corrected chi connectivity index (χ4v) is 1.76. The van der Waals surface area contributed by atoms with Crippen molar-refractivity contribution in [3.05, 3.63) is 28.9 Å². The molecule has 0 aromatic carbocycles. The van der Waals surface area contributed by atoms with E-state index in [0.717, 1.165) is 0 Å². The van der Waals surface area contributed by atoms with Gasteiger partial charge in [0, 0.05) is 18.3 Å². The molecule has 1 atom stereocenters. The number of aliphatic hydroxyl groups excluding tert-OH is 1. The third-order valence-corrected chi connectivity index (χ3v) is 2.69. The number of rotatable bonds is 4. The molecule has 0 spiro atoms. The van der Waals surface area contributed by atoms with E-state index in [1.807, 2.05) is 20.8 Å². The van der Waals surface area contributed by atoms with Gasteiger partial charge in [-0.2, -0.15) is 0 Å². The first-order valence-corrected chi connectivity index (χ1v) is 6.24. The molecule has 0 saturated heterocycles. The van der Waals surface area contributed by atoms with Gasteiger partial charge in [0.25, 0.3) is 0 Å². The van der Waals surface area contributed by atoms with E-state index in [-0.39, 0.29) is 12.1 Å². The Hall–Kier alpha value is -1.66. The van der Waals surface area contributed by atoms with Crippen molar-refractivity contribution in [1.82, 2.24) is 14.9 Å². The summed E-state index contributed by atoms with van der Waals surface area (Å²) in [7, 11) is 0. The van der Waals surface area contributed by atoms with E-state index in [0.29, 0.717) is 17.8 Å². The smallest absolute Gasteiger partial charge is 0.406 e. The summed E-state index contributed by atoms with van der Waals surface area (Å²) in [5, 5.41) is 13.2. The van der Waals surface area contributed by atoms with Crippen LogP contribution in [-0.4, -0.2) is 32.8 Å². The predicted octanol–water partition coefficient (Wildman–Crippen LogP) is 0.738. The van der Waals surface area contributed by atoms with Crippen molar-refractivity contribution in [2.45, 2.75) is 39.0 Å². The van der Waals surface area contributed by atoms with Gasteiger partial charge in [0.2, 0.25) is 0 Å². The second-order valence-corrected chi connectivity index (χ2v) is 5.59. The van der Waals surface area contributed by atoms with E-state index in [1.54, 1.807) is 18.3 Å². The van der Waals surface area contributed by atoms with Crippen molar-refractivity contribution in [3.63, 3.8) is 0 Å². The summed E-state index contributed by atoms with van der Waals surface area (Å²) in [4.78, 5) is 15.8. The number of fused-ring (bicyclic) bond motifs is 1. The number of oxazole rings is 1. The van der Waals surface area contributed by atoms with E-state index in [2.05, 4.69) is 10.3 Å². The molecule has 104 valence electrons. The summed E-state index contributed by atoms with van der Waals surface area (Å²) in [5.74, 6) is -0.497. The number of pyridine rings is 1. The molecule has 2 aromatic rings. The predicted molar refractivity (Wildman–Crippen MR) is 72.0 cm³/mol. The Kier molecular flexibility index (Phi) is 3.73. The minimum atomic E-state index is -0.681. The highest BCUT2D eigenvalue weighted by Crippen LogP contribution is 2.09. The van der Waals surface area contributed by atoms with Gasteiger partial charge in [-0.25, -0.2) is 9.78 Å². The van der Waals surface area contributed by atoms with Gasteiger partial charge in [-0.05, 0) is 32.9 Å². The van der Waals surface area contributed by atoms with Gasteiger partial charge in [-0.1, -0.05) is 0 Å². The van der Waals surface area contributed by atoms with Crippen LogP contribution < -0.4 is 11.1 Å². The molecule has 0 radical (unpaired) electrons. The van der Waals surface area contributed by atoms with E-state index < -0.39 is 11.9 Å². The first-order valence-electron chi connectivity index (χ1n) is 6.24. The molecule has 19 heavy (non-hydrogen) atoms. The zero-order chi connectivity index (χ0) is 14.0. The van der Waals surface area contributed by atoms with Crippen molar-refractivity contribution in [2.75, 3.05) is 6.54 Å². The number of nitrogens with zero attached hydrogens (tertiary/aromatic N) is 2. The maximum absolute atomic E-state index is 11.7. The second kappa shape index (κ2) is 5.14. The van der Waals surface area contributed by atoms with Gasteiger partial charge >= 0.3 is 5.76 Å². The Labute approximate surface area is 111 Å². The van der Waals surface area contributed by atoms with Crippen molar-refractivity contribution in [2.24, 2.45) is 0 Å². The van der Waals surface area contributed by atoms with Gasteiger partial charge in [0.15, 0.2) is 11.2 Å². The molecule has 0 amide bonds. The third kappa shape index (κ3) is 3.42. The van der Waals surface area contributed by atoms with Crippen molar-refractivity contribution in [3.8, 4) is 0 Å². The molecular weight excluding hydrogens is 246 g/mol. The topological polar surface area (TPSA) is 80.3 Å². The Balaban J connectivity index is 2.13. The molecule has 0 bridgehead atoms. The molecule has 1 unspecified atom stereocenters. The molecule has 0 aliphatic carbocycles. The lowest BCUT2D eigenvalue weighted by atomic mass is 10.1. The Morgan fingerprint density at radius 2 is 2.26 bits per heavy atom. The molecule has 0 aliphatic heterocycles. The van der Waals surface area contributed by atoms with Crippen LogP contribution in [0, 0.1) is 0 Å². The molecule has 2 N–H and O–H groups in total. The van der Waals surface area contributed by atoms with Crippen molar-refractivity contribution < 1.29 is 9.52 Å². The van der Waals surface area contributed by atoms with Gasteiger partial charge < -0.3 is 14.8 Å². The molecule has 2 rings (SSSR count). The van der Waals surface area contributed by atoms with Crippen LogP contribution in [0.5, 0.6) is 0 Å². The van der Waals surface area contributed by atoms with Crippen LogP contribution in [0.2, 0.25) is 0 Å². The largest absolute Gasteiger partial charge is 0.421 e. The molecule has 2 aromatic heterocycles. The lowest BCUT2D eigenvalue weighted by Gasteiger charge is -2.22. The van der Waals surface area contributed by atoms with Crippen LogP contribution in [0.4, 0.5) is 0 Å². The standard InChI is InChI=1S/C13H19N3O3/c1-13(2,3)15-7-9(17)8-16-11-10(19-12(16)18)5-4-6-14-11/h4-6,9,15,17H,7-8H2,1-3H3. The lowest BCUT2D eigenvalue weighted by Crippen LogP contribution is -2.42. The lowest BCUT2D eigenvalue weighted by molar-refractivity contribution is 0.140. The van der Waals surface area contributed by atoms with E-state index in [9.17, 15) is 9.90 Å². The SMILES string of the molecule is CC(C)(C)NCC(O)Cn1c(=O)oc2cccnc21. The average Bonchev–Trinajstić information content (AvgIpc) is 2.63. The molecule has 2 heterocycles. The van der Waals surface area contributed by atoms with Crippen LogP contribution >= 0.6 is 0 Å². The highest BCUT2D eigenvalue weighted by molar-refractivity contribution is 5.67. The van der Waals surface area contributed by atoms with Gasteiger partial charge in [0.1, 0.15) is 0 Å². The zero-order valence-corrected chi connectivity index (χ0v) is 11.4. The quantitative estimate of drug-likeness (QED) is 0.852. The number of hydrogen-bond donors (Lipinski definition) is 2. The number of aromatic nitrogens is 2. The summed E-state index contributed by atoms with van der Waals surface area (Å²) in [6.45, 7) is 6.60. The molecule has 0 fully saturated rings. The summed E-state index contributed by atoms with van der Waals surface area (Å²) in [6, 6.07) is 3.38. The van der Waals surface area contributed by atoms with Crippen molar-refractivity contribution in [1.29, 1.82) is 0 Å². The highest BCUT2D eigenvalue weighted by Gasteiger charge is 2.16. The number of β-amino-alcohol motifs (C(OH)–C–C–N with tert-alkyl or cyclic N) is 1. The van der Waals surface area contributed by atoms with Gasteiger partial charge in [-0.15, -0.1) is 0 Å². The maximum Gasteiger partial charge on any atom is 0.421 e. The summed E-state index contributed by atoms with van der Waals surface area (Å²) in [6.07, 6.45) is 0.910. The average molecular weight is 265 g/mol. The zero-order valence-electron chi connectivity index (χ0n) is 11.4. The number of aliphatic hydroxyl groups is 1. The van der Waals surface area contributed by atoms with E-state index in [1.165, 1.54) is 4.57 Å². The molecule has 6 nitrogen and oxygen atoms in total. The summed E-state index contributed by atoms with van der Waals surface area (Å²) in [5.41, 5.74) is 0.814. The summed E-state index contributed by atoms with van der Waals surface area (Å²) < 4.78 is 6.41. The van der Waals surface area contributed by atoms with Gasteiger partial charge in [-0.3, -0.25) is 4.57 Å².